The summed E-state index contributed by atoms with van der Waals surface area (Å²) in [4.78, 5) is 16.4. The number of benzene rings is 2. The lowest BCUT2D eigenvalue weighted by Gasteiger charge is -2.12. The van der Waals surface area contributed by atoms with Gasteiger partial charge in [-0.25, -0.2) is 9.67 Å². The number of halogens is 6. The molecule has 192 valence electrons. The average Bonchev–Trinajstić information content (AvgIpc) is 3.39. The number of carbonyl (C=O) groups is 1. The average molecular weight is 521 g/mol. The molecular formula is C24H17F6N5O2. The molecule has 0 bridgehead atoms. The highest BCUT2D eigenvalue weighted by Crippen LogP contribution is 2.39. The Morgan fingerprint density at radius 2 is 1.46 bits per heavy atom. The molecule has 13 heteroatoms. The smallest absolute Gasteiger partial charge is 0.366 e. The molecular weight excluding hydrogens is 504 g/mol. The van der Waals surface area contributed by atoms with Crippen LogP contribution in [0.25, 0.3) is 34.5 Å². The summed E-state index contributed by atoms with van der Waals surface area (Å²) < 4.78 is 88.3. The van der Waals surface area contributed by atoms with Gasteiger partial charge in [-0.05, 0) is 26.0 Å². The number of nitrogens with zero attached hydrogens (tertiary/aromatic N) is 4. The minimum absolute atomic E-state index is 0.162. The van der Waals surface area contributed by atoms with Crippen LogP contribution in [0.4, 0.5) is 26.3 Å². The van der Waals surface area contributed by atoms with Crippen molar-refractivity contribution in [3.8, 4) is 22.8 Å². The standard InChI is InChI=1S/C24H17F6N5O2/c1-12-19(13(2)37-34-12)16(20(31)36)11-35-22(15-8-4-6-10-18(15)24(28,29)30)32-21(33-35)14-7-3-5-9-17(14)23(25,26)27/h3-11H,1-2H3,(H2,31,36). The number of carbonyl (C=O) groups excluding carboxylic acids is 1. The highest BCUT2D eigenvalue weighted by atomic mass is 19.4. The number of aryl methyl sites for hydroxylation is 2. The number of aromatic nitrogens is 4. The third kappa shape index (κ3) is 4.97. The van der Waals surface area contributed by atoms with E-state index in [9.17, 15) is 31.1 Å². The van der Waals surface area contributed by atoms with Gasteiger partial charge in [-0.2, -0.15) is 26.3 Å². The summed E-state index contributed by atoms with van der Waals surface area (Å²) in [5.41, 5.74) is 2.56. The van der Waals surface area contributed by atoms with Gasteiger partial charge in [-0.1, -0.05) is 41.6 Å². The first kappa shape index (κ1) is 25.7. The highest BCUT2D eigenvalue weighted by molar-refractivity contribution is 6.22. The van der Waals surface area contributed by atoms with Gasteiger partial charge in [0.1, 0.15) is 5.76 Å². The molecule has 2 aromatic carbocycles. The lowest BCUT2D eigenvalue weighted by Crippen LogP contribution is -2.15. The summed E-state index contributed by atoms with van der Waals surface area (Å²) in [5.74, 6) is -1.80. The van der Waals surface area contributed by atoms with Crippen molar-refractivity contribution in [3.63, 3.8) is 0 Å². The number of nitrogens with two attached hydrogens (primary N) is 1. The number of hydrogen-bond donors (Lipinski definition) is 1. The maximum absolute atomic E-state index is 13.8. The normalized spacial score (nSPS) is 12.7. The Bertz CT molecular complexity index is 1500. The largest absolute Gasteiger partial charge is 0.417 e. The molecule has 0 spiro atoms. The molecule has 7 nitrogen and oxygen atoms in total. The van der Waals surface area contributed by atoms with Gasteiger partial charge in [0.05, 0.1) is 28.0 Å². The van der Waals surface area contributed by atoms with Crippen LogP contribution in [0, 0.1) is 13.8 Å². The van der Waals surface area contributed by atoms with E-state index in [1.54, 1.807) is 0 Å². The Kier molecular flexibility index (Phi) is 6.40. The predicted molar refractivity (Wildman–Crippen MR) is 120 cm³/mol. The molecule has 0 unspecified atom stereocenters. The molecule has 0 atom stereocenters. The summed E-state index contributed by atoms with van der Waals surface area (Å²) in [5, 5.41) is 7.79. The molecule has 4 rings (SSSR count). The van der Waals surface area contributed by atoms with Gasteiger partial charge in [0, 0.05) is 17.3 Å². The van der Waals surface area contributed by atoms with Gasteiger partial charge in [0.25, 0.3) is 5.91 Å². The molecule has 1 amide bonds. The second-order valence-electron chi connectivity index (χ2n) is 7.90. The van der Waals surface area contributed by atoms with E-state index in [0.717, 1.165) is 47.3 Å². The van der Waals surface area contributed by atoms with Crippen molar-refractivity contribution >= 4 is 17.7 Å². The van der Waals surface area contributed by atoms with Gasteiger partial charge >= 0.3 is 12.4 Å². The number of amides is 1. The van der Waals surface area contributed by atoms with E-state index in [4.69, 9.17) is 10.3 Å². The Morgan fingerprint density at radius 3 is 1.97 bits per heavy atom. The molecule has 4 aromatic rings. The van der Waals surface area contributed by atoms with Gasteiger partial charge < -0.3 is 10.3 Å². The molecule has 2 N–H and O–H groups in total. The van der Waals surface area contributed by atoms with Crippen molar-refractivity contribution in [2.75, 3.05) is 0 Å². The van der Waals surface area contributed by atoms with Crippen LogP contribution in [-0.2, 0) is 17.1 Å². The Labute approximate surface area is 205 Å². The van der Waals surface area contributed by atoms with Crippen LogP contribution in [0.3, 0.4) is 0 Å². The van der Waals surface area contributed by atoms with E-state index in [1.807, 2.05) is 0 Å². The van der Waals surface area contributed by atoms with Crippen molar-refractivity contribution in [3.05, 3.63) is 76.7 Å². The first-order valence-electron chi connectivity index (χ1n) is 10.5. The van der Waals surface area contributed by atoms with E-state index < -0.39 is 52.2 Å². The van der Waals surface area contributed by atoms with Crippen molar-refractivity contribution < 1.29 is 35.7 Å². The molecule has 0 aliphatic carbocycles. The molecule has 37 heavy (non-hydrogen) atoms. The van der Waals surface area contributed by atoms with Crippen LogP contribution in [0.15, 0.2) is 53.1 Å². The van der Waals surface area contributed by atoms with Crippen LogP contribution in [0.1, 0.15) is 28.1 Å². The zero-order valence-corrected chi connectivity index (χ0v) is 19.1. The fourth-order valence-corrected chi connectivity index (χ4v) is 3.80. The Hall–Kier alpha value is -4.42. The zero-order valence-electron chi connectivity index (χ0n) is 19.1. The first-order valence-corrected chi connectivity index (χ1v) is 10.5. The van der Waals surface area contributed by atoms with Crippen LogP contribution >= 0.6 is 0 Å². The van der Waals surface area contributed by atoms with Crippen molar-refractivity contribution in [1.29, 1.82) is 0 Å². The quantitative estimate of drug-likeness (QED) is 0.267. The maximum atomic E-state index is 13.8. The molecule has 0 aliphatic rings. The zero-order chi connectivity index (χ0) is 27.1. The Balaban J connectivity index is 2.05. The monoisotopic (exact) mass is 521 g/mol. The van der Waals surface area contributed by atoms with E-state index in [-0.39, 0.29) is 22.6 Å². The van der Waals surface area contributed by atoms with Crippen LogP contribution < -0.4 is 5.73 Å². The van der Waals surface area contributed by atoms with Gasteiger partial charge in [0.2, 0.25) is 0 Å². The van der Waals surface area contributed by atoms with Crippen molar-refractivity contribution in [2.45, 2.75) is 26.2 Å². The SMILES string of the molecule is Cc1noc(C)c1C(=Cn1nc(-c2ccccc2C(F)(F)F)nc1-c1ccccc1C(F)(F)F)C(N)=O. The number of rotatable bonds is 5. The third-order valence-electron chi connectivity index (χ3n) is 5.40. The van der Waals surface area contributed by atoms with E-state index in [2.05, 4.69) is 15.2 Å². The molecule has 2 heterocycles. The second-order valence-corrected chi connectivity index (χ2v) is 7.90. The van der Waals surface area contributed by atoms with Crippen LogP contribution in [0.2, 0.25) is 0 Å². The number of hydrogen-bond acceptors (Lipinski definition) is 5. The topological polar surface area (TPSA) is 99.8 Å². The molecule has 0 saturated carbocycles. The van der Waals surface area contributed by atoms with Gasteiger partial charge in [-0.15, -0.1) is 5.10 Å². The van der Waals surface area contributed by atoms with Gasteiger partial charge in [-0.3, -0.25) is 4.79 Å². The van der Waals surface area contributed by atoms with E-state index in [0.29, 0.717) is 0 Å². The fraction of sp³-hybridized carbons (Fsp3) is 0.167. The minimum atomic E-state index is -4.82. The molecule has 0 aliphatic heterocycles. The molecule has 0 saturated heterocycles. The summed E-state index contributed by atoms with van der Waals surface area (Å²) >= 11 is 0. The summed E-state index contributed by atoms with van der Waals surface area (Å²) in [6, 6.07) is 8.71. The molecule has 0 fully saturated rings. The highest BCUT2D eigenvalue weighted by Gasteiger charge is 2.37. The third-order valence-corrected chi connectivity index (χ3v) is 5.40. The van der Waals surface area contributed by atoms with Crippen molar-refractivity contribution in [2.24, 2.45) is 5.73 Å². The molecule has 2 aromatic heterocycles. The predicted octanol–water partition coefficient (Wildman–Crippen LogP) is 5.74. The van der Waals surface area contributed by atoms with Crippen LogP contribution in [-0.4, -0.2) is 25.8 Å². The summed E-state index contributed by atoms with van der Waals surface area (Å²) in [6.07, 6.45) is -8.63. The second kappa shape index (κ2) is 9.22. The van der Waals surface area contributed by atoms with Crippen LogP contribution in [0.5, 0.6) is 0 Å². The summed E-state index contributed by atoms with van der Waals surface area (Å²) in [7, 11) is 0. The van der Waals surface area contributed by atoms with Gasteiger partial charge in [0.15, 0.2) is 11.6 Å². The van der Waals surface area contributed by atoms with E-state index in [1.165, 1.54) is 26.0 Å². The Morgan fingerprint density at radius 1 is 0.919 bits per heavy atom. The lowest BCUT2D eigenvalue weighted by molar-refractivity contribution is -0.137. The summed E-state index contributed by atoms with van der Waals surface area (Å²) in [6.45, 7) is 2.99. The number of primary amides is 1. The fourth-order valence-electron chi connectivity index (χ4n) is 3.80. The molecule has 0 radical (unpaired) electrons. The first-order chi connectivity index (χ1) is 17.3. The number of alkyl halides is 6. The lowest BCUT2D eigenvalue weighted by atomic mass is 10.0. The van der Waals surface area contributed by atoms with E-state index >= 15 is 0 Å². The minimum Gasteiger partial charge on any atom is -0.366 e. The van der Waals surface area contributed by atoms with Crippen molar-refractivity contribution in [1.82, 2.24) is 19.9 Å². The maximum Gasteiger partial charge on any atom is 0.417 e.